The van der Waals surface area contributed by atoms with E-state index in [1.807, 2.05) is 17.5 Å². The number of rotatable bonds is 3. The first-order valence-electron chi connectivity index (χ1n) is 5.50. The molecule has 0 aliphatic carbocycles. The van der Waals surface area contributed by atoms with Crippen molar-refractivity contribution in [2.75, 3.05) is 6.54 Å². The van der Waals surface area contributed by atoms with Gasteiger partial charge in [0.05, 0.1) is 11.4 Å². The van der Waals surface area contributed by atoms with Crippen LogP contribution >= 0.6 is 11.3 Å². The van der Waals surface area contributed by atoms with Gasteiger partial charge in [-0.05, 0) is 31.3 Å². The third-order valence-corrected chi connectivity index (χ3v) is 3.79. The lowest BCUT2D eigenvalue weighted by molar-refractivity contribution is 0.595. The molecule has 0 radical (unpaired) electrons. The molecule has 88 valence electrons. The van der Waals surface area contributed by atoms with Gasteiger partial charge >= 0.3 is 5.84 Å². The molecular weight excluding hydrogens is 234 g/mol. The quantitative estimate of drug-likeness (QED) is 0.773. The van der Waals surface area contributed by atoms with Gasteiger partial charge in [0, 0.05) is 16.6 Å². The molecule has 0 aliphatic rings. The van der Waals surface area contributed by atoms with E-state index in [-0.39, 0.29) is 0 Å². The van der Waals surface area contributed by atoms with Crippen LogP contribution in [-0.2, 0) is 6.42 Å². The zero-order chi connectivity index (χ0) is 11.8. The maximum atomic E-state index is 5.64. The molecule has 0 bridgehead atoms. The van der Waals surface area contributed by atoms with Crippen molar-refractivity contribution >= 4 is 17.2 Å². The molecular formula is C12H13N3OS. The minimum absolute atomic E-state index is 0.641. The number of hydrogen-bond donors (Lipinski definition) is 1. The summed E-state index contributed by atoms with van der Waals surface area (Å²) < 4.78 is 7.29. The van der Waals surface area contributed by atoms with E-state index in [0.29, 0.717) is 12.4 Å². The summed E-state index contributed by atoms with van der Waals surface area (Å²) in [5.41, 5.74) is 8.95. The average molecular weight is 247 g/mol. The summed E-state index contributed by atoms with van der Waals surface area (Å²) in [5.74, 6) is 0.641. The SMILES string of the molecule is Cc1nc2occn2c1-c1ccsc1CCN. The third-order valence-electron chi connectivity index (χ3n) is 2.81. The monoisotopic (exact) mass is 247 g/mol. The summed E-state index contributed by atoms with van der Waals surface area (Å²) in [6.45, 7) is 2.67. The number of hydrogen-bond acceptors (Lipinski definition) is 4. The van der Waals surface area contributed by atoms with Crippen LogP contribution in [0.25, 0.3) is 17.1 Å². The van der Waals surface area contributed by atoms with Crippen LogP contribution in [0.15, 0.2) is 28.3 Å². The lowest BCUT2D eigenvalue weighted by Gasteiger charge is -2.02. The highest BCUT2D eigenvalue weighted by Gasteiger charge is 2.16. The summed E-state index contributed by atoms with van der Waals surface area (Å²) in [7, 11) is 0. The molecule has 3 rings (SSSR count). The Morgan fingerprint density at radius 2 is 2.41 bits per heavy atom. The number of aromatic nitrogens is 2. The molecule has 0 saturated heterocycles. The molecule has 0 aliphatic heterocycles. The number of nitrogens with zero attached hydrogens (tertiary/aromatic N) is 2. The molecule has 5 heteroatoms. The van der Waals surface area contributed by atoms with Gasteiger partial charge in [-0.25, -0.2) is 0 Å². The molecule has 3 heterocycles. The Morgan fingerprint density at radius 3 is 3.24 bits per heavy atom. The Morgan fingerprint density at radius 1 is 1.53 bits per heavy atom. The summed E-state index contributed by atoms with van der Waals surface area (Å²) >= 11 is 1.74. The van der Waals surface area contributed by atoms with E-state index in [1.165, 1.54) is 10.4 Å². The first-order valence-corrected chi connectivity index (χ1v) is 6.38. The second-order valence-electron chi connectivity index (χ2n) is 3.90. The Labute approximate surface area is 103 Å². The van der Waals surface area contributed by atoms with E-state index in [0.717, 1.165) is 17.8 Å². The van der Waals surface area contributed by atoms with Crippen LogP contribution in [0, 0.1) is 6.92 Å². The van der Waals surface area contributed by atoms with Gasteiger partial charge in [-0.1, -0.05) is 0 Å². The second kappa shape index (κ2) is 4.01. The van der Waals surface area contributed by atoms with E-state index in [9.17, 15) is 0 Å². The summed E-state index contributed by atoms with van der Waals surface area (Å²) in [6.07, 6.45) is 4.45. The zero-order valence-electron chi connectivity index (χ0n) is 9.51. The number of nitrogens with two attached hydrogens (primary N) is 1. The third kappa shape index (κ3) is 1.59. The van der Waals surface area contributed by atoms with Crippen LogP contribution in [0.1, 0.15) is 10.6 Å². The van der Waals surface area contributed by atoms with Gasteiger partial charge < -0.3 is 10.2 Å². The molecule has 0 unspecified atom stereocenters. The van der Waals surface area contributed by atoms with Gasteiger partial charge in [0.25, 0.3) is 0 Å². The Balaban J connectivity index is 2.22. The van der Waals surface area contributed by atoms with E-state index in [1.54, 1.807) is 17.6 Å². The summed E-state index contributed by atoms with van der Waals surface area (Å²) in [5, 5.41) is 2.10. The van der Waals surface area contributed by atoms with Gasteiger partial charge in [0.2, 0.25) is 0 Å². The minimum Gasteiger partial charge on any atom is -0.432 e. The van der Waals surface area contributed by atoms with E-state index in [4.69, 9.17) is 10.2 Å². The van der Waals surface area contributed by atoms with Gasteiger partial charge in [0.15, 0.2) is 0 Å². The van der Waals surface area contributed by atoms with Gasteiger partial charge in [-0.2, -0.15) is 4.98 Å². The fourth-order valence-electron chi connectivity index (χ4n) is 2.09. The van der Waals surface area contributed by atoms with Gasteiger partial charge in [-0.3, -0.25) is 4.40 Å². The molecule has 0 saturated carbocycles. The molecule has 17 heavy (non-hydrogen) atoms. The molecule has 0 aromatic carbocycles. The lowest BCUT2D eigenvalue weighted by atomic mass is 10.1. The maximum absolute atomic E-state index is 5.64. The number of aryl methyl sites for hydroxylation is 1. The zero-order valence-corrected chi connectivity index (χ0v) is 10.3. The molecule has 0 spiro atoms. The number of fused-ring (bicyclic) bond motifs is 1. The predicted molar refractivity (Wildman–Crippen MR) is 68.3 cm³/mol. The van der Waals surface area contributed by atoms with Crippen LogP contribution in [0.3, 0.4) is 0 Å². The van der Waals surface area contributed by atoms with Crippen molar-refractivity contribution in [3.05, 3.63) is 34.5 Å². The van der Waals surface area contributed by atoms with E-state index in [2.05, 4.69) is 16.4 Å². The van der Waals surface area contributed by atoms with Crippen LogP contribution in [-0.4, -0.2) is 15.9 Å². The van der Waals surface area contributed by atoms with Crippen molar-refractivity contribution < 1.29 is 4.42 Å². The molecule has 0 amide bonds. The summed E-state index contributed by atoms with van der Waals surface area (Å²) in [6, 6.07) is 2.12. The normalized spacial score (nSPS) is 11.4. The first-order chi connectivity index (χ1) is 8.31. The topological polar surface area (TPSA) is 56.5 Å². The average Bonchev–Trinajstić information content (AvgIpc) is 2.95. The molecule has 0 fully saturated rings. The first kappa shape index (κ1) is 10.6. The fourth-order valence-corrected chi connectivity index (χ4v) is 2.99. The molecule has 2 N–H and O–H groups in total. The van der Waals surface area contributed by atoms with Gasteiger partial charge in [0.1, 0.15) is 6.26 Å². The van der Waals surface area contributed by atoms with Crippen molar-refractivity contribution in [3.8, 4) is 11.3 Å². The highest BCUT2D eigenvalue weighted by atomic mass is 32.1. The smallest absolute Gasteiger partial charge is 0.306 e. The van der Waals surface area contributed by atoms with Gasteiger partial charge in [-0.15, -0.1) is 11.3 Å². The van der Waals surface area contributed by atoms with Crippen molar-refractivity contribution in [3.63, 3.8) is 0 Å². The minimum atomic E-state index is 0.641. The molecule has 3 aromatic rings. The number of thiophene rings is 1. The van der Waals surface area contributed by atoms with Crippen molar-refractivity contribution in [1.29, 1.82) is 0 Å². The van der Waals surface area contributed by atoms with E-state index < -0.39 is 0 Å². The van der Waals surface area contributed by atoms with Crippen LogP contribution in [0.2, 0.25) is 0 Å². The Kier molecular flexibility index (Phi) is 2.49. The van der Waals surface area contributed by atoms with E-state index >= 15 is 0 Å². The number of oxazole rings is 1. The maximum Gasteiger partial charge on any atom is 0.306 e. The number of imidazole rings is 1. The van der Waals surface area contributed by atoms with Crippen LogP contribution in [0.5, 0.6) is 0 Å². The predicted octanol–water partition coefficient (Wildman–Crippen LogP) is 2.47. The van der Waals surface area contributed by atoms with Crippen LogP contribution in [0.4, 0.5) is 0 Å². The molecule has 4 nitrogen and oxygen atoms in total. The standard InChI is InChI=1S/C12H13N3OS/c1-8-11(15-5-6-16-12(15)14-8)9-3-7-17-10(9)2-4-13/h3,5-7H,2,4,13H2,1H3. The summed E-state index contributed by atoms with van der Waals surface area (Å²) in [4.78, 5) is 5.70. The largest absolute Gasteiger partial charge is 0.432 e. The highest BCUT2D eigenvalue weighted by Crippen LogP contribution is 2.31. The fraction of sp³-hybridized carbons (Fsp3) is 0.250. The Bertz CT molecular complexity index is 650. The molecule has 0 atom stereocenters. The molecule has 3 aromatic heterocycles. The van der Waals surface area contributed by atoms with Crippen LogP contribution < -0.4 is 5.73 Å². The Hall–Kier alpha value is -1.59. The lowest BCUT2D eigenvalue weighted by Crippen LogP contribution is -2.02. The van der Waals surface area contributed by atoms with Crippen molar-refractivity contribution in [2.45, 2.75) is 13.3 Å². The second-order valence-corrected chi connectivity index (χ2v) is 4.90. The highest BCUT2D eigenvalue weighted by molar-refractivity contribution is 7.10. The van der Waals surface area contributed by atoms with Crippen molar-refractivity contribution in [2.24, 2.45) is 5.73 Å². The van der Waals surface area contributed by atoms with Crippen molar-refractivity contribution in [1.82, 2.24) is 9.38 Å².